The van der Waals surface area contributed by atoms with Crippen molar-refractivity contribution in [2.45, 2.75) is 58.0 Å². The number of aliphatic hydroxyl groups is 1. The predicted molar refractivity (Wildman–Crippen MR) is 89.5 cm³/mol. The first-order valence-electron chi connectivity index (χ1n) is 8.27. The Morgan fingerprint density at radius 3 is 2.91 bits per heavy atom. The number of rotatable bonds is 12. The van der Waals surface area contributed by atoms with E-state index in [1.54, 1.807) is 12.3 Å². The largest absolute Gasteiger partial charge is 0.481 e. The molecule has 1 atom stereocenters. The number of carboxylic acid groups (broad SMARTS) is 1. The Bertz CT molecular complexity index is 488. The predicted octanol–water partition coefficient (Wildman–Crippen LogP) is 3.89. The van der Waals surface area contributed by atoms with Gasteiger partial charge in [0.25, 0.3) is 0 Å². The van der Waals surface area contributed by atoms with E-state index in [4.69, 9.17) is 9.84 Å². The van der Waals surface area contributed by atoms with Crippen LogP contribution in [0.15, 0.2) is 30.5 Å². The molecule has 0 amide bonds. The molecule has 1 unspecified atom stereocenters. The molecule has 0 spiro atoms. The summed E-state index contributed by atoms with van der Waals surface area (Å²) in [5.74, 6) is -0.283. The second kappa shape index (κ2) is 11.7. The standard InChI is InChI=1S/C18H27NO4/c1-2-3-8-14-23-18-15(10-9-13-19-18)16(20)11-6-4-5-7-12-17(21)22/h4,6,9-10,13,16,20H,2-3,5,7-8,11-12,14H2,1H3,(H,21,22)/b6-4+. The number of pyridine rings is 1. The van der Waals surface area contributed by atoms with Crippen LogP contribution in [0.3, 0.4) is 0 Å². The Kier molecular flexibility index (Phi) is 9.71. The van der Waals surface area contributed by atoms with Crippen LogP contribution in [0.2, 0.25) is 0 Å². The summed E-state index contributed by atoms with van der Waals surface area (Å²) in [6.07, 6.45) is 9.95. The summed E-state index contributed by atoms with van der Waals surface area (Å²) in [6.45, 7) is 2.74. The van der Waals surface area contributed by atoms with Gasteiger partial charge in [-0.15, -0.1) is 0 Å². The van der Waals surface area contributed by atoms with Crippen molar-refractivity contribution < 1.29 is 19.7 Å². The third-order valence-corrected chi connectivity index (χ3v) is 3.43. The molecular formula is C18H27NO4. The number of hydrogen-bond acceptors (Lipinski definition) is 4. The van der Waals surface area contributed by atoms with Gasteiger partial charge in [0, 0.05) is 18.2 Å². The van der Waals surface area contributed by atoms with E-state index in [9.17, 15) is 9.90 Å². The van der Waals surface area contributed by atoms with Crippen LogP contribution in [0.5, 0.6) is 5.88 Å². The van der Waals surface area contributed by atoms with Gasteiger partial charge >= 0.3 is 5.97 Å². The molecule has 0 aromatic carbocycles. The molecule has 5 nitrogen and oxygen atoms in total. The molecule has 1 aromatic rings. The zero-order valence-corrected chi connectivity index (χ0v) is 13.8. The van der Waals surface area contributed by atoms with Gasteiger partial charge < -0.3 is 14.9 Å². The molecule has 23 heavy (non-hydrogen) atoms. The van der Waals surface area contributed by atoms with E-state index >= 15 is 0 Å². The highest BCUT2D eigenvalue weighted by Crippen LogP contribution is 2.25. The van der Waals surface area contributed by atoms with Crippen molar-refractivity contribution >= 4 is 5.97 Å². The van der Waals surface area contributed by atoms with Crippen LogP contribution >= 0.6 is 0 Å². The molecule has 1 heterocycles. The molecular weight excluding hydrogens is 294 g/mol. The van der Waals surface area contributed by atoms with Crippen molar-refractivity contribution in [3.63, 3.8) is 0 Å². The normalized spacial score (nSPS) is 12.4. The summed E-state index contributed by atoms with van der Waals surface area (Å²) in [7, 11) is 0. The molecule has 5 heteroatoms. The molecule has 0 saturated heterocycles. The molecule has 1 aromatic heterocycles. The Hall–Kier alpha value is -1.88. The fourth-order valence-electron chi connectivity index (χ4n) is 2.14. The van der Waals surface area contributed by atoms with Crippen molar-refractivity contribution in [3.8, 4) is 5.88 Å². The molecule has 0 fully saturated rings. The van der Waals surface area contributed by atoms with Gasteiger partial charge in [0.1, 0.15) is 0 Å². The summed E-state index contributed by atoms with van der Waals surface area (Å²) in [6, 6.07) is 3.61. The Morgan fingerprint density at radius 1 is 1.35 bits per heavy atom. The van der Waals surface area contributed by atoms with E-state index < -0.39 is 12.1 Å². The quantitative estimate of drug-likeness (QED) is 0.451. The molecule has 2 N–H and O–H groups in total. The number of hydrogen-bond donors (Lipinski definition) is 2. The zero-order valence-electron chi connectivity index (χ0n) is 13.8. The highest BCUT2D eigenvalue weighted by Gasteiger charge is 2.13. The number of carboxylic acids is 1. The number of carbonyl (C=O) groups is 1. The van der Waals surface area contributed by atoms with Crippen molar-refractivity contribution in [1.29, 1.82) is 0 Å². The number of aromatic nitrogens is 1. The highest BCUT2D eigenvalue weighted by molar-refractivity contribution is 5.66. The molecule has 128 valence electrons. The van der Waals surface area contributed by atoms with Crippen molar-refractivity contribution in [2.24, 2.45) is 0 Å². The molecule has 0 radical (unpaired) electrons. The van der Waals surface area contributed by atoms with E-state index in [0.29, 0.717) is 37.3 Å². The van der Waals surface area contributed by atoms with Crippen molar-refractivity contribution in [3.05, 3.63) is 36.0 Å². The third kappa shape index (κ3) is 8.35. The summed E-state index contributed by atoms with van der Waals surface area (Å²) in [5, 5.41) is 18.8. The average Bonchev–Trinajstić information content (AvgIpc) is 2.54. The minimum atomic E-state index is -0.779. The van der Waals surface area contributed by atoms with Gasteiger partial charge in [-0.25, -0.2) is 4.98 Å². The number of ether oxygens (including phenoxy) is 1. The summed E-state index contributed by atoms with van der Waals surface area (Å²) in [5.41, 5.74) is 0.694. The lowest BCUT2D eigenvalue weighted by Crippen LogP contribution is -2.05. The maximum absolute atomic E-state index is 10.4. The topological polar surface area (TPSA) is 79.7 Å². The van der Waals surface area contributed by atoms with E-state index in [2.05, 4.69) is 11.9 Å². The van der Waals surface area contributed by atoms with Crippen LogP contribution in [0.1, 0.15) is 63.5 Å². The van der Waals surface area contributed by atoms with Gasteiger partial charge in [-0.1, -0.05) is 31.9 Å². The van der Waals surface area contributed by atoms with Gasteiger partial charge in [0.2, 0.25) is 5.88 Å². The fraction of sp³-hybridized carbons (Fsp3) is 0.556. The van der Waals surface area contributed by atoms with Crippen LogP contribution in [0.25, 0.3) is 0 Å². The molecule has 0 aliphatic heterocycles. The smallest absolute Gasteiger partial charge is 0.303 e. The van der Waals surface area contributed by atoms with Gasteiger partial charge in [0.05, 0.1) is 12.7 Å². The van der Waals surface area contributed by atoms with Gasteiger partial charge in [-0.05, 0) is 37.8 Å². The lowest BCUT2D eigenvalue weighted by molar-refractivity contribution is -0.137. The number of unbranched alkanes of at least 4 members (excludes halogenated alkanes) is 3. The Balaban J connectivity index is 2.43. The minimum absolute atomic E-state index is 0.172. The van der Waals surface area contributed by atoms with E-state index in [-0.39, 0.29) is 6.42 Å². The maximum Gasteiger partial charge on any atom is 0.303 e. The van der Waals surface area contributed by atoms with E-state index in [1.165, 1.54) is 0 Å². The third-order valence-electron chi connectivity index (χ3n) is 3.43. The van der Waals surface area contributed by atoms with Gasteiger partial charge in [0.15, 0.2) is 0 Å². The van der Waals surface area contributed by atoms with Crippen LogP contribution < -0.4 is 4.74 Å². The van der Waals surface area contributed by atoms with Gasteiger partial charge in [-0.3, -0.25) is 4.79 Å². The molecule has 1 rings (SSSR count). The number of aliphatic hydroxyl groups excluding tert-OH is 1. The van der Waals surface area contributed by atoms with Gasteiger partial charge in [-0.2, -0.15) is 0 Å². The van der Waals surface area contributed by atoms with E-state index in [1.807, 2.05) is 18.2 Å². The van der Waals surface area contributed by atoms with Crippen LogP contribution in [-0.4, -0.2) is 27.8 Å². The molecule has 0 aliphatic rings. The van der Waals surface area contributed by atoms with E-state index in [0.717, 1.165) is 19.3 Å². The lowest BCUT2D eigenvalue weighted by atomic mass is 10.1. The number of nitrogens with zero attached hydrogens (tertiary/aromatic N) is 1. The second-order valence-electron chi connectivity index (χ2n) is 5.46. The lowest BCUT2D eigenvalue weighted by Gasteiger charge is -2.13. The second-order valence-corrected chi connectivity index (χ2v) is 5.46. The van der Waals surface area contributed by atoms with Crippen molar-refractivity contribution in [1.82, 2.24) is 4.98 Å². The average molecular weight is 321 g/mol. The maximum atomic E-state index is 10.4. The highest BCUT2D eigenvalue weighted by atomic mass is 16.5. The summed E-state index contributed by atoms with van der Waals surface area (Å²) >= 11 is 0. The monoisotopic (exact) mass is 321 g/mol. The Morgan fingerprint density at radius 2 is 2.17 bits per heavy atom. The first-order valence-corrected chi connectivity index (χ1v) is 8.27. The van der Waals surface area contributed by atoms with Crippen LogP contribution in [0, 0.1) is 0 Å². The Labute approximate surface area is 138 Å². The first-order chi connectivity index (χ1) is 11.1. The molecule has 0 saturated carbocycles. The zero-order chi connectivity index (χ0) is 16.9. The minimum Gasteiger partial charge on any atom is -0.481 e. The van der Waals surface area contributed by atoms with Crippen molar-refractivity contribution in [2.75, 3.05) is 6.61 Å². The summed E-state index contributed by atoms with van der Waals surface area (Å²) < 4.78 is 5.67. The number of allylic oxidation sites excluding steroid dienone is 1. The SMILES string of the molecule is CCCCCOc1ncccc1C(O)C/C=C/CCCC(=O)O. The molecule has 0 aliphatic carbocycles. The number of aliphatic carboxylic acids is 1. The summed E-state index contributed by atoms with van der Waals surface area (Å²) in [4.78, 5) is 14.6. The molecule has 0 bridgehead atoms. The first kappa shape index (κ1) is 19.2. The van der Waals surface area contributed by atoms with Crippen LogP contribution in [-0.2, 0) is 4.79 Å². The fourth-order valence-corrected chi connectivity index (χ4v) is 2.14. The van der Waals surface area contributed by atoms with Crippen LogP contribution in [0.4, 0.5) is 0 Å².